The van der Waals surface area contributed by atoms with Crippen molar-refractivity contribution in [2.75, 3.05) is 6.54 Å². The summed E-state index contributed by atoms with van der Waals surface area (Å²) >= 11 is 5.97. The van der Waals surface area contributed by atoms with E-state index >= 15 is 0 Å². The molecule has 2 amide bonds. The summed E-state index contributed by atoms with van der Waals surface area (Å²) in [7, 11) is 0. The molecule has 2 saturated heterocycles. The molecule has 1 N–H and O–H groups in total. The van der Waals surface area contributed by atoms with Crippen LogP contribution in [0.1, 0.15) is 57.4 Å². The van der Waals surface area contributed by atoms with E-state index in [-0.39, 0.29) is 17.4 Å². The summed E-state index contributed by atoms with van der Waals surface area (Å²) in [5.74, 6) is 0.316. The molecule has 0 unspecified atom stereocenters. The van der Waals surface area contributed by atoms with Gasteiger partial charge in [0.05, 0.1) is 0 Å². The Bertz CT molecular complexity index is 631. The van der Waals surface area contributed by atoms with Crippen molar-refractivity contribution in [3.05, 3.63) is 34.9 Å². The Balaban J connectivity index is 1.65. The van der Waals surface area contributed by atoms with Crippen molar-refractivity contribution in [2.45, 2.75) is 69.9 Å². The number of piperidine rings is 1. The molecule has 25 heavy (non-hydrogen) atoms. The van der Waals surface area contributed by atoms with Gasteiger partial charge in [-0.25, -0.2) is 0 Å². The van der Waals surface area contributed by atoms with Crippen LogP contribution in [0.25, 0.3) is 0 Å². The molecule has 136 valence electrons. The highest BCUT2D eigenvalue weighted by Gasteiger charge is 2.38. The lowest BCUT2D eigenvalue weighted by Gasteiger charge is -2.35. The summed E-state index contributed by atoms with van der Waals surface area (Å²) in [6, 6.07) is 8.10. The van der Waals surface area contributed by atoms with Crippen LogP contribution in [0.4, 0.5) is 0 Å². The number of nitrogens with one attached hydrogen (secondary N) is 1. The first-order chi connectivity index (χ1) is 12.0. The van der Waals surface area contributed by atoms with Crippen molar-refractivity contribution >= 4 is 23.4 Å². The number of amides is 2. The zero-order valence-electron chi connectivity index (χ0n) is 14.9. The lowest BCUT2D eigenvalue weighted by Crippen LogP contribution is -2.46. The SMILES string of the molecule is C[C@H]1CCCCN1C(=O)CC[C@@]1(Cc2ccc(Cl)cc2)CCC(=O)N1. The first-order valence-electron chi connectivity index (χ1n) is 9.32. The fourth-order valence-corrected chi connectivity index (χ4v) is 4.26. The van der Waals surface area contributed by atoms with E-state index in [2.05, 4.69) is 12.2 Å². The minimum absolute atomic E-state index is 0.0905. The molecule has 0 aliphatic carbocycles. The third-order valence-electron chi connectivity index (χ3n) is 5.63. The van der Waals surface area contributed by atoms with Crippen LogP contribution in [0.2, 0.25) is 5.02 Å². The van der Waals surface area contributed by atoms with Gasteiger partial charge in [0, 0.05) is 36.0 Å². The van der Waals surface area contributed by atoms with E-state index in [1.807, 2.05) is 29.2 Å². The second kappa shape index (κ2) is 7.77. The van der Waals surface area contributed by atoms with Gasteiger partial charge in [-0.15, -0.1) is 0 Å². The van der Waals surface area contributed by atoms with Crippen molar-refractivity contribution in [2.24, 2.45) is 0 Å². The van der Waals surface area contributed by atoms with Gasteiger partial charge < -0.3 is 10.2 Å². The molecule has 2 atom stereocenters. The number of hydrogen-bond acceptors (Lipinski definition) is 2. The molecule has 0 bridgehead atoms. The maximum atomic E-state index is 12.7. The minimum Gasteiger partial charge on any atom is -0.350 e. The molecule has 5 heteroatoms. The summed E-state index contributed by atoms with van der Waals surface area (Å²) in [6.45, 7) is 3.01. The van der Waals surface area contributed by atoms with Gasteiger partial charge in [-0.05, 0) is 63.1 Å². The number of likely N-dealkylation sites (tertiary alicyclic amines) is 1. The van der Waals surface area contributed by atoms with Gasteiger partial charge in [-0.2, -0.15) is 0 Å². The Morgan fingerprint density at radius 2 is 2.08 bits per heavy atom. The van der Waals surface area contributed by atoms with E-state index in [4.69, 9.17) is 11.6 Å². The summed E-state index contributed by atoms with van der Waals surface area (Å²) < 4.78 is 0. The monoisotopic (exact) mass is 362 g/mol. The van der Waals surface area contributed by atoms with Gasteiger partial charge >= 0.3 is 0 Å². The molecule has 0 saturated carbocycles. The average Bonchev–Trinajstić information content (AvgIpc) is 2.96. The molecule has 2 fully saturated rings. The topological polar surface area (TPSA) is 49.4 Å². The first-order valence-corrected chi connectivity index (χ1v) is 9.70. The summed E-state index contributed by atoms with van der Waals surface area (Å²) in [6.07, 6.45) is 6.68. The van der Waals surface area contributed by atoms with Gasteiger partial charge in [0.1, 0.15) is 0 Å². The zero-order valence-corrected chi connectivity index (χ0v) is 15.6. The predicted octanol–water partition coefficient (Wildman–Crippen LogP) is 3.71. The smallest absolute Gasteiger partial charge is 0.222 e. The van der Waals surface area contributed by atoms with Crippen molar-refractivity contribution in [3.8, 4) is 0 Å². The van der Waals surface area contributed by atoms with Crippen LogP contribution in [0.3, 0.4) is 0 Å². The van der Waals surface area contributed by atoms with Gasteiger partial charge in [-0.3, -0.25) is 9.59 Å². The number of carbonyl (C=O) groups excluding carboxylic acids is 2. The molecule has 1 aromatic rings. The fourth-order valence-electron chi connectivity index (χ4n) is 4.13. The highest BCUT2D eigenvalue weighted by Crippen LogP contribution is 2.31. The number of benzene rings is 1. The van der Waals surface area contributed by atoms with Crippen LogP contribution in [0.5, 0.6) is 0 Å². The number of nitrogens with zero attached hydrogens (tertiary/aromatic N) is 1. The molecule has 0 aromatic heterocycles. The second-order valence-electron chi connectivity index (χ2n) is 7.56. The highest BCUT2D eigenvalue weighted by molar-refractivity contribution is 6.30. The molecule has 4 nitrogen and oxygen atoms in total. The molecule has 2 heterocycles. The third-order valence-corrected chi connectivity index (χ3v) is 5.88. The van der Waals surface area contributed by atoms with E-state index in [0.29, 0.717) is 30.3 Å². The second-order valence-corrected chi connectivity index (χ2v) is 8.00. The molecule has 0 spiro atoms. The van der Waals surface area contributed by atoms with Crippen LogP contribution in [0, 0.1) is 0 Å². The largest absolute Gasteiger partial charge is 0.350 e. The van der Waals surface area contributed by atoms with E-state index in [1.165, 1.54) is 6.42 Å². The summed E-state index contributed by atoms with van der Waals surface area (Å²) in [4.78, 5) is 26.6. The minimum atomic E-state index is -0.306. The normalized spacial score (nSPS) is 26.6. The van der Waals surface area contributed by atoms with Crippen molar-refractivity contribution < 1.29 is 9.59 Å². The van der Waals surface area contributed by atoms with E-state index in [1.54, 1.807) is 0 Å². The molecule has 2 aliphatic rings. The molecular formula is C20H27ClN2O2. The quantitative estimate of drug-likeness (QED) is 0.867. The molecular weight excluding hydrogens is 336 g/mol. The average molecular weight is 363 g/mol. The lowest BCUT2D eigenvalue weighted by molar-refractivity contribution is -0.135. The Labute approximate surface area is 154 Å². The molecule has 3 rings (SSSR count). The first kappa shape index (κ1) is 18.2. The highest BCUT2D eigenvalue weighted by atomic mass is 35.5. The molecule has 2 aliphatic heterocycles. The van der Waals surface area contributed by atoms with E-state index < -0.39 is 0 Å². The van der Waals surface area contributed by atoms with Crippen LogP contribution >= 0.6 is 11.6 Å². The van der Waals surface area contributed by atoms with Crippen molar-refractivity contribution in [1.29, 1.82) is 0 Å². The Morgan fingerprint density at radius 1 is 1.32 bits per heavy atom. The van der Waals surface area contributed by atoms with Gasteiger partial charge in [-0.1, -0.05) is 23.7 Å². The van der Waals surface area contributed by atoms with Crippen LogP contribution in [-0.2, 0) is 16.0 Å². The number of carbonyl (C=O) groups is 2. The summed E-state index contributed by atoms with van der Waals surface area (Å²) in [5.41, 5.74) is 0.838. The predicted molar refractivity (Wildman–Crippen MR) is 99.5 cm³/mol. The van der Waals surface area contributed by atoms with Crippen molar-refractivity contribution in [3.63, 3.8) is 0 Å². The Hall–Kier alpha value is -1.55. The maximum absolute atomic E-state index is 12.7. The van der Waals surface area contributed by atoms with Crippen LogP contribution in [-0.4, -0.2) is 34.8 Å². The standard InChI is InChI=1S/C20H27ClN2O2/c1-15-4-2-3-13-23(15)19(25)10-12-20(11-9-18(24)22-20)14-16-5-7-17(21)8-6-16/h5-8,15H,2-4,9-14H2,1H3,(H,22,24)/t15-,20+/m0/s1. The van der Waals surface area contributed by atoms with E-state index in [9.17, 15) is 9.59 Å². The molecule has 1 aromatic carbocycles. The van der Waals surface area contributed by atoms with E-state index in [0.717, 1.165) is 37.8 Å². The molecule has 0 radical (unpaired) electrons. The van der Waals surface area contributed by atoms with Crippen LogP contribution < -0.4 is 5.32 Å². The number of halogens is 1. The fraction of sp³-hybridized carbons (Fsp3) is 0.600. The summed E-state index contributed by atoms with van der Waals surface area (Å²) in [5, 5.41) is 3.87. The zero-order chi connectivity index (χ0) is 17.9. The number of rotatable bonds is 5. The Kier molecular flexibility index (Phi) is 5.67. The lowest BCUT2D eigenvalue weighted by atomic mass is 9.84. The third kappa shape index (κ3) is 4.55. The van der Waals surface area contributed by atoms with Gasteiger partial charge in [0.2, 0.25) is 11.8 Å². The van der Waals surface area contributed by atoms with Crippen molar-refractivity contribution in [1.82, 2.24) is 10.2 Å². The maximum Gasteiger partial charge on any atom is 0.222 e. The number of hydrogen-bond donors (Lipinski definition) is 1. The van der Waals surface area contributed by atoms with Gasteiger partial charge in [0.25, 0.3) is 0 Å². The van der Waals surface area contributed by atoms with Gasteiger partial charge in [0.15, 0.2) is 0 Å². The van der Waals surface area contributed by atoms with Crippen LogP contribution in [0.15, 0.2) is 24.3 Å². The Morgan fingerprint density at radius 3 is 2.72 bits per heavy atom.